The fraction of sp³-hybridized carbons (Fsp3) is 1.00. The molecule has 0 aromatic rings. The van der Waals surface area contributed by atoms with Crippen molar-refractivity contribution in [2.75, 3.05) is 13.7 Å². The Morgan fingerprint density at radius 2 is 2.00 bits per heavy atom. The van der Waals surface area contributed by atoms with Crippen molar-refractivity contribution in [1.82, 2.24) is 0 Å². The molecule has 0 bridgehead atoms. The first-order valence-electron chi connectivity index (χ1n) is 4.03. The molecule has 0 saturated heterocycles. The number of ether oxygens (including phenoxy) is 2. The van der Waals surface area contributed by atoms with Crippen molar-refractivity contribution in [3.63, 3.8) is 0 Å². The monoisotopic (exact) mass is 144 g/mol. The highest BCUT2D eigenvalue weighted by molar-refractivity contribution is 4.78. The fourth-order valence-electron chi connectivity index (χ4n) is 1.57. The molecule has 1 saturated carbocycles. The van der Waals surface area contributed by atoms with Crippen LogP contribution in [0.3, 0.4) is 0 Å². The Balaban J connectivity index is 2.27. The first-order chi connectivity index (χ1) is 4.88. The van der Waals surface area contributed by atoms with Gasteiger partial charge in [-0.25, -0.2) is 0 Å². The van der Waals surface area contributed by atoms with Gasteiger partial charge in [0.05, 0.1) is 12.2 Å². The SMILES string of the molecule is CCOC1CCCC1OC. The highest BCUT2D eigenvalue weighted by atomic mass is 16.5. The molecule has 0 aromatic heterocycles. The van der Waals surface area contributed by atoms with E-state index in [0.717, 1.165) is 6.61 Å². The number of rotatable bonds is 3. The molecule has 0 aliphatic heterocycles. The van der Waals surface area contributed by atoms with E-state index in [2.05, 4.69) is 0 Å². The topological polar surface area (TPSA) is 18.5 Å². The molecular formula is C8H16O2. The first kappa shape index (κ1) is 8.02. The van der Waals surface area contributed by atoms with Gasteiger partial charge < -0.3 is 9.47 Å². The van der Waals surface area contributed by atoms with Crippen LogP contribution in [0, 0.1) is 0 Å². The van der Waals surface area contributed by atoms with Gasteiger partial charge in [-0.05, 0) is 26.2 Å². The van der Waals surface area contributed by atoms with Gasteiger partial charge in [0, 0.05) is 13.7 Å². The molecule has 2 heteroatoms. The van der Waals surface area contributed by atoms with Gasteiger partial charge in [0.2, 0.25) is 0 Å². The highest BCUT2D eigenvalue weighted by Gasteiger charge is 2.26. The largest absolute Gasteiger partial charge is 0.379 e. The van der Waals surface area contributed by atoms with E-state index in [-0.39, 0.29) is 0 Å². The third kappa shape index (κ3) is 1.70. The van der Waals surface area contributed by atoms with Gasteiger partial charge in [0.15, 0.2) is 0 Å². The Hall–Kier alpha value is -0.0800. The molecule has 0 radical (unpaired) electrons. The number of hydrogen-bond donors (Lipinski definition) is 0. The quantitative estimate of drug-likeness (QED) is 0.599. The molecule has 1 aliphatic carbocycles. The van der Waals surface area contributed by atoms with Crippen LogP contribution in [0.4, 0.5) is 0 Å². The molecule has 0 spiro atoms. The maximum Gasteiger partial charge on any atom is 0.0836 e. The van der Waals surface area contributed by atoms with E-state index in [4.69, 9.17) is 9.47 Å². The van der Waals surface area contributed by atoms with Crippen LogP contribution in [-0.4, -0.2) is 25.9 Å². The van der Waals surface area contributed by atoms with Crippen molar-refractivity contribution in [2.45, 2.75) is 38.4 Å². The van der Waals surface area contributed by atoms with E-state index in [0.29, 0.717) is 12.2 Å². The maximum atomic E-state index is 5.48. The average molecular weight is 144 g/mol. The predicted octanol–water partition coefficient (Wildman–Crippen LogP) is 1.59. The second-order valence-corrected chi connectivity index (χ2v) is 2.70. The lowest BCUT2D eigenvalue weighted by atomic mass is 10.2. The Labute approximate surface area is 62.5 Å². The van der Waals surface area contributed by atoms with Crippen LogP contribution < -0.4 is 0 Å². The lowest BCUT2D eigenvalue weighted by Gasteiger charge is -2.17. The molecule has 2 nitrogen and oxygen atoms in total. The standard InChI is InChI=1S/C8H16O2/c1-3-10-8-6-4-5-7(8)9-2/h7-8H,3-6H2,1-2H3. The van der Waals surface area contributed by atoms with E-state index in [1.165, 1.54) is 19.3 Å². The average Bonchev–Trinajstić information content (AvgIpc) is 2.36. The summed E-state index contributed by atoms with van der Waals surface area (Å²) in [6.45, 7) is 2.84. The van der Waals surface area contributed by atoms with Gasteiger partial charge in [-0.15, -0.1) is 0 Å². The van der Waals surface area contributed by atoms with Crippen LogP contribution in [0.2, 0.25) is 0 Å². The summed E-state index contributed by atoms with van der Waals surface area (Å²) in [7, 11) is 1.77. The van der Waals surface area contributed by atoms with Gasteiger partial charge in [0.1, 0.15) is 0 Å². The van der Waals surface area contributed by atoms with Gasteiger partial charge in [0.25, 0.3) is 0 Å². The minimum atomic E-state index is 0.361. The summed E-state index contributed by atoms with van der Waals surface area (Å²) < 4.78 is 10.7. The van der Waals surface area contributed by atoms with Crippen molar-refractivity contribution < 1.29 is 9.47 Å². The van der Waals surface area contributed by atoms with Crippen LogP contribution in [0.5, 0.6) is 0 Å². The number of methoxy groups -OCH3 is 1. The molecule has 0 aromatic carbocycles. The molecule has 60 valence electrons. The zero-order valence-electron chi connectivity index (χ0n) is 6.80. The normalized spacial score (nSPS) is 33.0. The summed E-state index contributed by atoms with van der Waals surface area (Å²) in [5, 5.41) is 0. The smallest absolute Gasteiger partial charge is 0.0836 e. The molecule has 1 rings (SSSR count). The predicted molar refractivity (Wildman–Crippen MR) is 40.1 cm³/mol. The van der Waals surface area contributed by atoms with E-state index in [1.807, 2.05) is 6.92 Å². The minimum Gasteiger partial charge on any atom is -0.379 e. The van der Waals surface area contributed by atoms with E-state index >= 15 is 0 Å². The third-order valence-electron chi connectivity index (χ3n) is 2.08. The molecule has 0 heterocycles. The summed E-state index contributed by atoms with van der Waals surface area (Å²) >= 11 is 0. The zero-order chi connectivity index (χ0) is 7.40. The maximum absolute atomic E-state index is 5.48. The van der Waals surface area contributed by atoms with Gasteiger partial charge in [-0.1, -0.05) is 0 Å². The Bertz CT molecular complexity index is 93.3. The zero-order valence-corrected chi connectivity index (χ0v) is 6.80. The van der Waals surface area contributed by atoms with Crippen molar-refractivity contribution in [2.24, 2.45) is 0 Å². The van der Waals surface area contributed by atoms with Gasteiger partial charge in [-0.2, -0.15) is 0 Å². The van der Waals surface area contributed by atoms with Gasteiger partial charge >= 0.3 is 0 Å². The van der Waals surface area contributed by atoms with Crippen molar-refractivity contribution in [3.05, 3.63) is 0 Å². The molecule has 0 N–H and O–H groups in total. The minimum absolute atomic E-state index is 0.361. The summed E-state index contributed by atoms with van der Waals surface area (Å²) in [4.78, 5) is 0. The van der Waals surface area contributed by atoms with Crippen LogP contribution >= 0.6 is 0 Å². The molecule has 1 fully saturated rings. The van der Waals surface area contributed by atoms with Crippen LogP contribution in [0.1, 0.15) is 26.2 Å². The van der Waals surface area contributed by atoms with E-state index < -0.39 is 0 Å². The second-order valence-electron chi connectivity index (χ2n) is 2.70. The molecule has 1 aliphatic rings. The molecule has 10 heavy (non-hydrogen) atoms. The molecule has 0 amide bonds. The van der Waals surface area contributed by atoms with Crippen LogP contribution in [0.25, 0.3) is 0 Å². The van der Waals surface area contributed by atoms with Gasteiger partial charge in [-0.3, -0.25) is 0 Å². The van der Waals surface area contributed by atoms with Crippen molar-refractivity contribution >= 4 is 0 Å². The molecule has 2 atom stereocenters. The summed E-state index contributed by atoms with van der Waals surface area (Å²) in [5.74, 6) is 0. The summed E-state index contributed by atoms with van der Waals surface area (Å²) in [6.07, 6.45) is 4.33. The first-order valence-corrected chi connectivity index (χ1v) is 4.03. The Kier molecular flexibility index (Phi) is 3.16. The fourth-order valence-corrected chi connectivity index (χ4v) is 1.57. The Morgan fingerprint density at radius 3 is 2.60 bits per heavy atom. The molecule has 2 unspecified atom stereocenters. The van der Waals surface area contributed by atoms with E-state index in [1.54, 1.807) is 7.11 Å². The third-order valence-corrected chi connectivity index (χ3v) is 2.08. The highest BCUT2D eigenvalue weighted by Crippen LogP contribution is 2.23. The summed E-state index contributed by atoms with van der Waals surface area (Å²) in [5.41, 5.74) is 0. The van der Waals surface area contributed by atoms with Crippen LogP contribution in [-0.2, 0) is 9.47 Å². The van der Waals surface area contributed by atoms with E-state index in [9.17, 15) is 0 Å². The van der Waals surface area contributed by atoms with Crippen molar-refractivity contribution in [1.29, 1.82) is 0 Å². The Morgan fingerprint density at radius 1 is 1.30 bits per heavy atom. The lowest BCUT2D eigenvalue weighted by molar-refractivity contribution is -0.0337. The summed E-state index contributed by atoms with van der Waals surface area (Å²) in [6, 6.07) is 0. The molecular weight excluding hydrogens is 128 g/mol. The van der Waals surface area contributed by atoms with Crippen LogP contribution in [0.15, 0.2) is 0 Å². The second kappa shape index (κ2) is 3.94. The van der Waals surface area contributed by atoms with Crippen molar-refractivity contribution in [3.8, 4) is 0 Å². The number of hydrogen-bond acceptors (Lipinski definition) is 2. The lowest BCUT2D eigenvalue weighted by Crippen LogP contribution is -2.24.